The highest BCUT2D eigenvalue weighted by Gasteiger charge is 2.09. The van der Waals surface area contributed by atoms with Gasteiger partial charge in [0.15, 0.2) is 0 Å². The van der Waals surface area contributed by atoms with Crippen LogP contribution in [-0.2, 0) is 4.79 Å². The third-order valence-electron chi connectivity index (χ3n) is 2.23. The van der Waals surface area contributed by atoms with Gasteiger partial charge in [0.2, 0.25) is 5.91 Å². The van der Waals surface area contributed by atoms with Gasteiger partial charge in [0.25, 0.3) is 5.91 Å². The first kappa shape index (κ1) is 14.2. The average molecular weight is 271 g/mol. The summed E-state index contributed by atoms with van der Waals surface area (Å²) in [4.78, 5) is 26.7. The van der Waals surface area contributed by atoms with Gasteiger partial charge >= 0.3 is 0 Å². The van der Waals surface area contributed by atoms with Gasteiger partial charge in [-0.25, -0.2) is 4.98 Å². The van der Waals surface area contributed by atoms with Gasteiger partial charge in [-0.05, 0) is 12.1 Å². The normalized spacial score (nSPS) is 9.72. The molecule has 1 aromatic rings. The number of hydrogen-bond acceptors (Lipinski definition) is 4. The molecule has 0 atom stereocenters. The van der Waals surface area contributed by atoms with Crippen LogP contribution >= 0.6 is 11.6 Å². The number of nitrogens with zero attached hydrogens (tertiary/aromatic N) is 1. The Morgan fingerprint density at radius 1 is 1.33 bits per heavy atom. The van der Waals surface area contributed by atoms with E-state index in [0.29, 0.717) is 11.4 Å². The number of anilines is 1. The monoisotopic (exact) mass is 270 g/mol. The van der Waals surface area contributed by atoms with Crippen LogP contribution in [0.4, 0.5) is 5.82 Å². The van der Waals surface area contributed by atoms with Crippen LogP contribution in [-0.4, -0.2) is 37.4 Å². The van der Waals surface area contributed by atoms with Crippen molar-refractivity contribution in [1.29, 1.82) is 0 Å². The molecule has 0 aliphatic rings. The maximum Gasteiger partial charge on any atom is 0.251 e. The van der Waals surface area contributed by atoms with Crippen molar-refractivity contribution in [2.75, 3.05) is 26.0 Å². The first-order chi connectivity index (χ1) is 8.56. The van der Waals surface area contributed by atoms with Crippen LogP contribution in [0.2, 0.25) is 5.15 Å². The van der Waals surface area contributed by atoms with Crippen molar-refractivity contribution >= 4 is 29.2 Å². The molecule has 0 fully saturated rings. The van der Waals surface area contributed by atoms with E-state index in [0.717, 1.165) is 0 Å². The van der Waals surface area contributed by atoms with Crippen LogP contribution in [0.25, 0.3) is 0 Å². The second-order valence-corrected chi connectivity index (χ2v) is 3.88. The van der Waals surface area contributed by atoms with Gasteiger partial charge in [-0.3, -0.25) is 9.59 Å². The largest absolute Gasteiger partial charge is 0.373 e. The van der Waals surface area contributed by atoms with Crippen molar-refractivity contribution in [2.24, 2.45) is 0 Å². The lowest BCUT2D eigenvalue weighted by molar-refractivity contribution is -0.120. The number of pyridine rings is 1. The highest BCUT2D eigenvalue weighted by atomic mass is 35.5. The fourth-order valence-electron chi connectivity index (χ4n) is 1.27. The molecule has 2 amide bonds. The molecule has 0 aromatic carbocycles. The molecule has 0 saturated heterocycles. The van der Waals surface area contributed by atoms with Crippen LogP contribution in [0.3, 0.4) is 0 Å². The van der Waals surface area contributed by atoms with E-state index in [1.807, 2.05) is 0 Å². The predicted molar refractivity (Wildman–Crippen MR) is 69.8 cm³/mol. The number of amides is 2. The summed E-state index contributed by atoms with van der Waals surface area (Å²) in [5.74, 6) is 0.0950. The fraction of sp³-hybridized carbons (Fsp3) is 0.364. The van der Waals surface area contributed by atoms with Crippen molar-refractivity contribution < 1.29 is 9.59 Å². The molecular formula is C11H15ClN4O2. The predicted octanol–water partition coefficient (Wildman–Crippen LogP) is 0.643. The molecule has 0 aliphatic heterocycles. The topological polar surface area (TPSA) is 83.1 Å². The molecule has 0 spiro atoms. The van der Waals surface area contributed by atoms with E-state index >= 15 is 0 Å². The standard InChI is InChI=1S/C11H15ClN4O2/c1-13-9-6-7(5-8(12)16-9)11(18)15-4-3-10(17)14-2/h5-6H,3-4H2,1-2H3,(H,13,16)(H,14,17)(H,15,18). The Kier molecular flexibility index (Phi) is 5.38. The molecule has 1 aromatic heterocycles. The first-order valence-electron chi connectivity index (χ1n) is 5.41. The van der Waals surface area contributed by atoms with Crippen molar-refractivity contribution in [2.45, 2.75) is 6.42 Å². The third-order valence-corrected chi connectivity index (χ3v) is 2.42. The molecule has 1 heterocycles. The summed E-state index contributed by atoms with van der Waals surface area (Å²) in [5.41, 5.74) is 0.399. The zero-order valence-corrected chi connectivity index (χ0v) is 11.0. The Hall–Kier alpha value is -1.82. The van der Waals surface area contributed by atoms with E-state index in [2.05, 4.69) is 20.9 Å². The minimum atomic E-state index is -0.292. The SMILES string of the molecule is CNC(=O)CCNC(=O)c1cc(Cl)nc(NC)c1. The maximum absolute atomic E-state index is 11.8. The number of carbonyl (C=O) groups is 2. The summed E-state index contributed by atoms with van der Waals surface area (Å²) < 4.78 is 0. The van der Waals surface area contributed by atoms with Crippen LogP contribution in [0.15, 0.2) is 12.1 Å². The van der Waals surface area contributed by atoms with Crippen LogP contribution in [0.1, 0.15) is 16.8 Å². The van der Waals surface area contributed by atoms with Gasteiger partial charge in [0, 0.05) is 32.6 Å². The lowest BCUT2D eigenvalue weighted by atomic mass is 10.2. The molecule has 18 heavy (non-hydrogen) atoms. The summed E-state index contributed by atoms with van der Waals surface area (Å²) in [7, 11) is 3.23. The summed E-state index contributed by atoms with van der Waals surface area (Å²) in [6.45, 7) is 0.271. The summed E-state index contributed by atoms with van der Waals surface area (Å²) >= 11 is 5.78. The van der Waals surface area contributed by atoms with E-state index in [9.17, 15) is 9.59 Å². The molecule has 0 radical (unpaired) electrons. The molecule has 98 valence electrons. The van der Waals surface area contributed by atoms with Gasteiger partial charge in [-0.2, -0.15) is 0 Å². The number of carbonyl (C=O) groups excluding carboxylic acids is 2. The smallest absolute Gasteiger partial charge is 0.251 e. The Morgan fingerprint density at radius 3 is 2.67 bits per heavy atom. The van der Waals surface area contributed by atoms with Gasteiger partial charge in [0.1, 0.15) is 11.0 Å². The van der Waals surface area contributed by atoms with Crippen molar-refractivity contribution in [1.82, 2.24) is 15.6 Å². The molecule has 0 unspecified atom stereocenters. The number of halogens is 1. The summed E-state index contributed by atoms with van der Waals surface area (Å²) in [6, 6.07) is 3.05. The Morgan fingerprint density at radius 2 is 2.06 bits per heavy atom. The van der Waals surface area contributed by atoms with E-state index in [4.69, 9.17) is 11.6 Å². The highest BCUT2D eigenvalue weighted by Crippen LogP contribution is 2.13. The van der Waals surface area contributed by atoms with Crippen molar-refractivity contribution in [3.8, 4) is 0 Å². The Bertz CT molecular complexity index is 451. The second-order valence-electron chi connectivity index (χ2n) is 3.49. The number of aromatic nitrogens is 1. The average Bonchev–Trinajstić information content (AvgIpc) is 2.37. The molecule has 7 heteroatoms. The molecular weight excluding hydrogens is 256 g/mol. The summed E-state index contributed by atoms with van der Waals surface area (Å²) in [6.07, 6.45) is 0.236. The van der Waals surface area contributed by atoms with E-state index in [1.54, 1.807) is 20.2 Å². The van der Waals surface area contributed by atoms with Crippen LogP contribution < -0.4 is 16.0 Å². The summed E-state index contributed by atoms with van der Waals surface area (Å²) in [5, 5.41) is 8.14. The molecule has 6 nitrogen and oxygen atoms in total. The minimum Gasteiger partial charge on any atom is -0.373 e. The van der Waals surface area contributed by atoms with Crippen molar-refractivity contribution in [3.05, 3.63) is 22.8 Å². The molecule has 0 aliphatic carbocycles. The van der Waals surface area contributed by atoms with Crippen LogP contribution in [0, 0.1) is 0 Å². The first-order valence-corrected chi connectivity index (χ1v) is 5.78. The maximum atomic E-state index is 11.8. The quantitative estimate of drug-likeness (QED) is 0.686. The van der Waals surface area contributed by atoms with Gasteiger partial charge in [-0.1, -0.05) is 11.6 Å². The van der Waals surface area contributed by atoms with Gasteiger partial charge in [0.05, 0.1) is 0 Å². The molecule has 3 N–H and O–H groups in total. The Balaban J connectivity index is 2.61. The Labute approximate surface area is 110 Å². The molecule has 0 saturated carbocycles. The molecule has 0 bridgehead atoms. The highest BCUT2D eigenvalue weighted by molar-refractivity contribution is 6.29. The van der Waals surface area contributed by atoms with Crippen molar-refractivity contribution in [3.63, 3.8) is 0 Å². The van der Waals surface area contributed by atoms with E-state index in [-0.39, 0.29) is 29.9 Å². The number of hydrogen-bond donors (Lipinski definition) is 3. The van der Waals surface area contributed by atoms with Gasteiger partial charge < -0.3 is 16.0 Å². The second kappa shape index (κ2) is 6.80. The minimum absolute atomic E-state index is 0.126. The molecule has 1 rings (SSSR count). The van der Waals surface area contributed by atoms with Gasteiger partial charge in [-0.15, -0.1) is 0 Å². The lowest BCUT2D eigenvalue weighted by Crippen LogP contribution is -2.29. The number of rotatable bonds is 5. The lowest BCUT2D eigenvalue weighted by Gasteiger charge is -2.07. The zero-order valence-electron chi connectivity index (χ0n) is 10.2. The fourth-order valence-corrected chi connectivity index (χ4v) is 1.48. The van der Waals surface area contributed by atoms with Crippen LogP contribution in [0.5, 0.6) is 0 Å². The third kappa shape index (κ3) is 4.21. The number of nitrogens with one attached hydrogen (secondary N) is 3. The zero-order chi connectivity index (χ0) is 13.5. The van der Waals surface area contributed by atoms with E-state index in [1.165, 1.54) is 6.07 Å². The van der Waals surface area contributed by atoms with E-state index < -0.39 is 0 Å².